The van der Waals surface area contributed by atoms with Gasteiger partial charge in [-0.05, 0) is 91.6 Å². The number of amides is 2. The van der Waals surface area contributed by atoms with Gasteiger partial charge >= 0.3 is 6.61 Å². The third kappa shape index (κ3) is 7.35. The average Bonchev–Trinajstić information content (AvgIpc) is 3.98. The van der Waals surface area contributed by atoms with Crippen molar-refractivity contribution in [1.82, 2.24) is 20.1 Å². The first-order valence-corrected chi connectivity index (χ1v) is 16.3. The number of hydrogen-bond acceptors (Lipinski definition) is 8. The highest BCUT2D eigenvalue weighted by molar-refractivity contribution is 6.05. The van der Waals surface area contributed by atoms with Gasteiger partial charge in [-0.3, -0.25) is 9.59 Å². The van der Waals surface area contributed by atoms with Crippen molar-refractivity contribution >= 4 is 17.6 Å². The number of aliphatic hydroxyl groups excluding tert-OH is 1. The molecule has 5 aliphatic rings. The Morgan fingerprint density at radius 2 is 1.90 bits per heavy atom. The maximum atomic E-state index is 13.8. The smallest absolute Gasteiger partial charge is 0.387 e. The van der Waals surface area contributed by atoms with Crippen LogP contribution < -0.4 is 15.4 Å². The van der Waals surface area contributed by atoms with Crippen molar-refractivity contribution in [2.24, 2.45) is 0 Å². The molecule has 2 saturated carbocycles. The molecule has 14 heteroatoms. The van der Waals surface area contributed by atoms with Crippen LogP contribution >= 0.6 is 0 Å². The van der Waals surface area contributed by atoms with Gasteiger partial charge in [-0.25, -0.2) is 13.8 Å². The van der Waals surface area contributed by atoms with Crippen molar-refractivity contribution in [3.8, 4) is 16.9 Å². The van der Waals surface area contributed by atoms with E-state index in [1.807, 2.05) is 6.20 Å². The number of benzene rings is 1. The fourth-order valence-corrected chi connectivity index (χ4v) is 6.38. The van der Waals surface area contributed by atoms with E-state index < -0.39 is 43.7 Å². The molecule has 3 N–H and O–H groups in total. The predicted molar refractivity (Wildman–Crippen MR) is 167 cm³/mol. The van der Waals surface area contributed by atoms with Crippen molar-refractivity contribution in [2.75, 3.05) is 38.1 Å². The zero-order valence-electron chi connectivity index (χ0n) is 26.1. The summed E-state index contributed by atoms with van der Waals surface area (Å²) in [6.07, 6.45) is 8.14. The van der Waals surface area contributed by atoms with Gasteiger partial charge in [-0.2, -0.15) is 8.78 Å². The van der Waals surface area contributed by atoms with Gasteiger partial charge in [0.05, 0.1) is 30.3 Å². The Bertz CT molecular complexity index is 1630. The molecule has 0 radical (unpaired) electrons. The lowest BCUT2D eigenvalue weighted by Gasteiger charge is -2.39. The van der Waals surface area contributed by atoms with Crippen LogP contribution in [0.15, 0.2) is 53.8 Å². The van der Waals surface area contributed by atoms with Gasteiger partial charge in [0.25, 0.3) is 17.7 Å². The normalized spacial score (nSPS) is 23.5. The SMILES string of the molecule is O=C(Nc1cc(-c2ccc(OC(F)F)cc2C(=O)N2CC(F)(F)C2)cc(C2CC2)n1)C1=CC(CNC[C@@H]2CCCO2)=CN(C2CC2)C1O. The lowest BCUT2D eigenvalue weighted by molar-refractivity contribution is -0.115. The molecular weight excluding hydrogens is 634 g/mol. The van der Waals surface area contributed by atoms with E-state index in [0.29, 0.717) is 24.3 Å². The second-order valence-electron chi connectivity index (χ2n) is 13.1. The van der Waals surface area contributed by atoms with Crippen LogP contribution in [0.3, 0.4) is 0 Å². The Hall–Kier alpha value is -4.01. The highest BCUT2D eigenvalue weighted by Crippen LogP contribution is 2.42. The number of halogens is 4. The number of carbonyl (C=O) groups excluding carboxylic acids is 2. The topological polar surface area (TPSA) is 116 Å². The molecule has 4 heterocycles. The van der Waals surface area contributed by atoms with E-state index in [0.717, 1.165) is 61.7 Å². The molecule has 1 aromatic heterocycles. The number of carbonyl (C=O) groups is 2. The zero-order chi connectivity index (χ0) is 33.6. The summed E-state index contributed by atoms with van der Waals surface area (Å²) in [6.45, 7) is -2.80. The summed E-state index contributed by atoms with van der Waals surface area (Å²) < 4.78 is 63.6. The Labute approximate surface area is 274 Å². The number of alkyl halides is 4. The minimum Gasteiger partial charge on any atom is -0.435 e. The first kappa shape index (κ1) is 32.5. The van der Waals surface area contributed by atoms with Crippen LogP contribution in [0, 0.1) is 0 Å². The van der Waals surface area contributed by atoms with Crippen LogP contribution in [0.2, 0.25) is 0 Å². The molecule has 256 valence electrons. The summed E-state index contributed by atoms with van der Waals surface area (Å²) in [7, 11) is 0. The standard InChI is InChI=1S/C34H37F4N5O5/c35-33(36)48-23-7-8-25(26(13-23)31(45)42-17-34(37,38)18-42)21-11-28(20-3-4-20)40-29(12-21)41-30(44)27-10-19(14-39-15-24-2-1-9-47-24)16-43(32(27)46)22-5-6-22/h7-8,10-13,16,20,22,24,32-33,39,46H,1-6,9,14-15,17-18H2,(H,40,41,44)/t24-,32?/m0/s1. The van der Waals surface area contributed by atoms with Crippen molar-refractivity contribution in [2.45, 2.75) is 75.4 Å². The number of likely N-dealkylation sites (tertiary alicyclic amines) is 1. The van der Waals surface area contributed by atoms with E-state index in [1.54, 1.807) is 23.1 Å². The molecule has 2 atom stereocenters. The van der Waals surface area contributed by atoms with E-state index in [-0.39, 0.29) is 46.3 Å². The van der Waals surface area contributed by atoms with Gasteiger partial charge < -0.3 is 35.0 Å². The number of pyridine rings is 1. The Morgan fingerprint density at radius 3 is 2.56 bits per heavy atom. The van der Waals surface area contributed by atoms with E-state index in [9.17, 15) is 32.3 Å². The minimum absolute atomic E-state index is 0.0929. The molecular formula is C34H37F4N5O5. The average molecular weight is 672 g/mol. The van der Waals surface area contributed by atoms with Crippen molar-refractivity contribution in [3.05, 3.63) is 65.0 Å². The highest BCUT2D eigenvalue weighted by Gasteiger charge is 2.47. The fourth-order valence-electron chi connectivity index (χ4n) is 6.38. The lowest BCUT2D eigenvalue weighted by Crippen LogP contribution is -2.58. The van der Waals surface area contributed by atoms with Gasteiger partial charge in [0.2, 0.25) is 0 Å². The number of ether oxygens (including phenoxy) is 2. The van der Waals surface area contributed by atoms with Crippen molar-refractivity contribution in [3.63, 3.8) is 0 Å². The number of rotatable bonds is 12. The summed E-state index contributed by atoms with van der Waals surface area (Å²) in [5.41, 5.74) is 2.28. The monoisotopic (exact) mass is 671 g/mol. The lowest BCUT2D eigenvalue weighted by atomic mass is 9.96. The highest BCUT2D eigenvalue weighted by atomic mass is 19.3. The van der Waals surface area contributed by atoms with Crippen LogP contribution in [-0.2, 0) is 9.53 Å². The Morgan fingerprint density at radius 1 is 1.10 bits per heavy atom. The summed E-state index contributed by atoms with van der Waals surface area (Å²) >= 11 is 0. The van der Waals surface area contributed by atoms with Gasteiger partial charge in [0.15, 0.2) is 6.23 Å². The summed E-state index contributed by atoms with van der Waals surface area (Å²) in [6, 6.07) is 7.24. The molecule has 2 amide bonds. The molecule has 2 saturated heterocycles. The van der Waals surface area contributed by atoms with E-state index in [1.165, 1.54) is 12.1 Å². The van der Waals surface area contributed by atoms with Crippen LogP contribution in [-0.4, -0.2) is 95.4 Å². The van der Waals surface area contributed by atoms with Crippen LogP contribution in [0.25, 0.3) is 11.1 Å². The van der Waals surface area contributed by atoms with E-state index in [4.69, 9.17) is 4.74 Å². The second kappa shape index (κ2) is 13.1. The minimum atomic E-state index is -3.15. The molecule has 1 aromatic carbocycles. The Kier molecular flexibility index (Phi) is 8.90. The number of aromatic nitrogens is 1. The fraction of sp³-hybridized carbons (Fsp3) is 0.500. The predicted octanol–water partition coefficient (Wildman–Crippen LogP) is 4.63. The Balaban J connectivity index is 1.16. The number of nitrogens with one attached hydrogen (secondary N) is 2. The van der Waals surface area contributed by atoms with Gasteiger partial charge in [0.1, 0.15) is 11.6 Å². The second-order valence-corrected chi connectivity index (χ2v) is 13.1. The molecule has 1 unspecified atom stereocenters. The number of aliphatic hydroxyl groups is 1. The molecule has 2 aromatic rings. The van der Waals surface area contributed by atoms with E-state index in [2.05, 4.69) is 20.4 Å². The van der Waals surface area contributed by atoms with Crippen LogP contribution in [0.1, 0.15) is 60.5 Å². The van der Waals surface area contributed by atoms with E-state index >= 15 is 0 Å². The molecule has 4 fully saturated rings. The van der Waals surface area contributed by atoms with Gasteiger partial charge in [0, 0.05) is 43.6 Å². The zero-order valence-corrected chi connectivity index (χ0v) is 26.1. The maximum Gasteiger partial charge on any atom is 0.387 e. The summed E-state index contributed by atoms with van der Waals surface area (Å²) in [5.74, 6) is -4.34. The first-order valence-electron chi connectivity index (χ1n) is 16.3. The molecule has 2 aliphatic carbocycles. The van der Waals surface area contributed by atoms with Gasteiger partial charge in [-0.1, -0.05) is 0 Å². The molecule has 7 rings (SSSR count). The number of anilines is 1. The van der Waals surface area contributed by atoms with Crippen LogP contribution in [0.5, 0.6) is 5.75 Å². The summed E-state index contributed by atoms with van der Waals surface area (Å²) in [4.78, 5) is 34.5. The number of hydrogen-bond donors (Lipinski definition) is 3. The molecule has 10 nitrogen and oxygen atoms in total. The van der Waals surface area contributed by atoms with Crippen molar-refractivity contribution in [1.29, 1.82) is 0 Å². The third-order valence-corrected chi connectivity index (χ3v) is 9.14. The van der Waals surface area contributed by atoms with Crippen molar-refractivity contribution < 1.29 is 41.7 Å². The van der Waals surface area contributed by atoms with Crippen LogP contribution in [0.4, 0.5) is 23.4 Å². The first-order chi connectivity index (χ1) is 23.0. The molecule has 0 bridgehead atoms. The number of nitrogens with zero attached hydrogens (tertiary/aromatic N) is 3. The summed E-state index contributed by atoms with van der Waals surface area (Å²) in [5, 5.41) is 17.4. The van der Waals surface area contributed by atoms with Gasteiger partial charge in [-0.15, -0.1) is 0 Å². The largest absolute Gasteiger partial charge is 0.435 e. The molecule has 48 heavy (non-hydrogen) atoms. The third-order valence-electron chi connectivity index (χ3n) is 9.14. The maximum absolute atomic E-state index is 13.8. The quantitative estimate of drug-likeness (QED) is 0.280. The molecule has 0 spiro atoms. The molecule has 3 aliphatic heterocycles.